The van der Waals surface area contributed by atoms with Crippen molar-refractivity contribution in [2.75, 3.05) is 13.2 Å². The number of phenolic OH excluding ortho intramolecular Hbond substituents is 2. The summed E-state index contributed by atoms with van der Waals surface area (Å²) in [4.78, 5) is 66.3. The van der Waals surface area contributed by atoms with Gasteiger partial charge in [0.25, 0.3) is 0 Å². The van der Waals surface area contributed by atoms with E-state index >= 15 is 0 Å². The maximum Gasteiger partial charge on any atom is 0.408 e. The molecular weight excluding hydrogens is 590 g/mol. The molecule has 0 saturated carbocycles. The number of fused-ring (bicyclic) bond motifs is 1. The van der Waals surface area contributed by atoms with Crippen LogP contribution in [-0.4, -0.2) is 106 Å². The average molecular weight is 618 g/mol. The fraction of sp³-hybridized carbons (Fsp3) is 0.500. The van der Waals surface area contributed by atoms with Crippen LogP contribution in [0.15, 0.2) is 17.1 Å². The molecule has 1 aromatic rings. The van der Waals surface area contributed by atoms with Crippen LogP contribution in [0.3, 0.4) is 0 Å². The van der Waals surface area contributed by atoms with Gasteiger partial charge in [-0.25, -0.2) is 22.8 Å². The lowest BCUT2D eigenvalue weighted by Crippen LogP contribution is -2.57. The number of esters is 1. The smallest absolute Gasteiger partial charge is 0.408 e. The van der Waals surface area contributed by atoms with E-state index in [-0.39, 0.29) is 12.0 Å². The van der Waals surface area contributed by atoms with Crippen LogP contribution in [0.25, 0.3) is 0 Å². The number of hydrogen-bond donors (Lipinski definition) is 4. The van der Waals surface area contributed by atoms with Crippen LogP contribution in [-0.2, 0) is 33.7 Å². The maximum absolute atomic E-state index is 13.0. The third kappa shape index (κ3) is 6.07. The SMILES string of the molecule is CC(C)(C)OC(=O)NC(COC(=O)c1ccc(O)c(O)c1Cl)C(=O)CN=C[C@@]1(C)[C@H](C(=O)O)N2C(=O)C[C@H]2S1(=O)=O. The number of halogens is 1. The highest BCUT2D eigenvalue weighted by Gasteiger charge is 2.69. The maximum atomic E-state index is 13.0. The van der Waals surface area contributed by atoms with E-state index in [1.54, 1.807) is 20.8 Å². The molecule has 1 aromatic carbocycles. The third-order valence-electron chi connectivity index (χ3n) is 6.34. The summed E-state index contributed by atoms with van der Waals surface area (Å²) in [6.07, 6.45) is -0.652. The number of rotatable bonds is 9. The van der Waals surface area contributed by atoms with Crippen molar-refractivity contribution in [1.82, 2.24) is 10.2 Å². The molecule has 4 atom stereocenters. The zero-order valence-electron chi connectivity index (χ0n) is 22.3. The number of ether oxygens (including phenoxy) is 2. The molecule has 2 heterocycles. The number of aromatic hydroxyl groups is 2. The highest BCUT2D eigenvalue weighted by molar-refractivity contribution is 7.94. The molecular formula is C24H28ClN3O12S. The number of aliphatic imine (C=N–C) groups is 1. The van der Waals surface area contributed by atoms with Gasteiger partial charge in [0, 0.05) is 6.21 Å². The Morgan fingerprint density at radius 1 is 1.27 bits per heavy atom. The third-order valence-corrected chi connectivity index (χ3v) is 9.39. The van der Waals surface area contributed by atoms with E-state index in [4.69, 9.17) is 21.1 Å². The molecule has 2 saturated heterocycles. The number of carbonyl (C=O) groups excluding carboxylic acids is 4. The molecule has 3 rings (SSSR count). The first kappa shape index (κ1) is 31.6. The predicted molar refractivity (Wildman–Crippen MR) is 141 cm³/mol. The Balaban J connectivity index is 1.80. The van der Waals surface area contributed by atoms with E-state index < -0.39 is 97.0 Å². The minimum Gasteiger partial charge on any atom is -0.504 e. The van der Waals surface area contributed by atoms with Crippen LogP contribution in [0, 0.1) is 0 Å². The molecule has 0 aliphatic carbocycles. The van der Waals surface area contributed by atoms with Crippen molar-refractivity contribution in [1.29, 1.82) is 0 Å². The van der Waals surface area contributed by atoms with Crippen LogP contribution >= 0.6 is 11.6 Å². The molecule has 4 N–H and O–H groups in total. The Hall–Kier alpha value is -3.92. The zero-order valence-corrected chi connectivity index (χ0v) is 23.9. The van der Waals surface area contributed by atoms with Crippen molar-refractivity contribution in [2.24, 2.45) is 4.99 Å². The molecule has 17 heteroatoms. The number of benzene rings is 1. The van der Waals surface area contributed by atoms with Crippen molar-refractivity contribution in [3.8, 4) is 11.5 Å². The van der Waals surface area contributed by atoms with E-state index in [1.807, 2.05) is 0 Å². The molecule has 0 spiro atoms. The van der Waals surface area contributed by atoms with E-state index in [2.05, 4.69) is 10.3 Å². The monoisotopic (exact) mass is 617 g/mol. The topological polar surface area (TPSA) is 226 Å². The van der Waals surface area contributed by atoms with Gasteiger partial charge in [0.15, 0.2) is 33.2 Å². The number of aliphatic carboxylic acids is 1. The normalized spacial score (nSPS) is 23.8. The van der Waals surface area contributed by atoms with Crippen molar-refractivity contribution in [2.45, 2.75) is 61.9 Å². The largest absolute Gasteiger partial charge is 0.504 e. The number of nitrogens with zero attached hydrogens (tertiary/aromatic N) is 2. The van der Waals surface area contributed by atoms with Crippen LogP contribution in [0.1, 0.15) is 44.5 Å². The van der Waals surface area contributed by atoms with Crippen LogP contribution in [0.4, 0.5) is 4.79 Å². The van der Waals surface area contributed by atoms with Crippen molar-refractivity contribution in [3.05, 3.63) is 22.7 Å². The van der Waals surface area contributed by atoms with Crippen molar-refractivity contribution >= 4 is 57.4 Å². The van der Waals surface area contributed by atoms with Gasteiger partial charge < -0.3 is 35.0 Å². The van der Waals surface area contributed by atoms with E-state index in [0.29, 0.717) is 0 Å². The quantitative estimate of drug-likeness (QED) is 0.130. The number of carbonyl (C=O) groups is 5. The fourth-order valence-corrected chi connectivity index (χ4v) is 6.72. The number of amides is 2. The molecule has 2 amide bonds. The van der Waals surface area contributed by atoms with Gasteiger partial charge in [-0.3, -0.25) is 14.6 Å². The summed E-state index contributed by atoms with van der Waals surface area (Å²) in [6, 6.07) is -1.30. The molecule has 224 valence electrons. The molecule has 2 aliphatic heterocycles. The van der Waals surface area contributed by atoms with Gasteiger partial charge in [-0.1, -0.05) is 11.6 Å². The van der Waals surface area contributed by atoms with Gasteiger partial charge in [-0.05, 0) is 39.8 Å². The number of phenols is 2. The molecule has 0 aromatic heterocycles. The molecule has 0 radical (unpaired) electrons. The van der Waals surface area contributed by atoms with Crippen LogP contribution in [0.2, 0.25) is 5.02 Å². The molecule has 15 nitrogen and oxygen atoms in total. The summed E-state index contributed by atoms with van der Waals surface area (Å²) in [5.74, 6) is -5.60. The van der Waals surface area contributed by atoms with E-state index in [1.165, 1.54) is 0 Å². The number of ketones is 1. The van der Waals surface area contributed by atoms with Gasteiger partial charge in [0.2, 0.25) is 5.91 Å². The summed E-state index contributed by atoms with van der Waals surface area (Å²) in [7, 11) is -4.22. The Morgan fingerprint density at radius 3 is 2.46 bits per heavy atom. The second-order valence-corrected chi connectivity index (χ2v) is 13.3. The lowest BCUT2D eigenvalue weighted by Gasteiger charge is -2.35. The van der Waals surface area contributed by atoms with Crippen LogP contribution in [0.5, 0.6) is 11.5 Å². The predicted octanol–water partition coefficient (Wildman–Crippen LogP) is 0.640. The second-order valence-electron chi connectivity index (χ2n) is 10.5. The Bertz CT molecular complexity index is 1440. The van der Waals surface area contributed by atoms with Gasteiger partial charge >= 0.3 is 18.0 Å². The first-order chi connectivity index (χ1) is 18.8. The lowest BCUT2D eigenvalue weighted by molar-refractivity contribution is -0.156. The number of nitrogens with one attached hydrogen (secondary N) is 1. The average Bonchev–Trinajstić information content (AvgIpc) is 2.98. The zero-order chi connectivity index (χ0) is 31.1. The highest BCUT2D eigenvalue weighted by Crippen LogP contribution is 2.45. The van der Waals surface area contributed by atoms with Gasteiger partial charge in [-0.2, -0.15) is 0 Å². The molecule has 0 bridgehead atoms. The lowest BCUT2D eigenvalue weighted by atomic mass is 9.97. The summed E-state index contributed by atoms with van der Waals surface area (Å²) in [5, 5.41) is 29.3. The first-order valence-electron chi connectivity index (χ1n) is 12.0. The number of hydrogen-bond acceptors (Lipinski definition) is 12. The number of Topliss-reactive ketones (excluding diaryl/α,β-unsaturated/α-hetero) is 1. The summed E-state index contributed by atoms with van der Waals surface area (Å²) < 4.78 is 34.0. The van der Waals surface area contributed by atoms with Crippen molar-refractivity contribution < 1.29 is 57.2 Å². The van der Waals surface area contributed by atoms with Gasteiger partial charge in [-0.15, -0.1) is 0 Å². The Labute approximate surface area is 239 Å². The minimum atomic E-state index is -4.22. The van der Waals surface area contributed by atoms with Crippen LogP contribution < -0.4 is 5.32 Å². The molecule has 41 heavy (non-hydrogen) atoms. The fourth-order valence-electron chi connectivity index (χ4n) is 4.24. The number of β-lactam (4-membered cyclic amide) rings is 1. The van der Waals surface area contributed by atoms with Gasteiger partial charge in [0.1, 0.15) is 33.4 Å². The molecule has 1 unspecified atom stereocenters. The molecule has 2 fully saturated rings. The Morgan fingerprint density at radius 2 is 1.90 bits per heavy atom. The van der Waals surface area contributed by atoms with E-state index in [9.17, 15) is 47.7 Å². The number of alkyl carbamates (subject to hydrolysis) is 1. The number of carboxylic acid groups (broad SMARTS) is 1. The second kappa shape index (κ2) is 11.2. The summed E-state index contributed by atoms with van der Waals surface area (Å²) in [6.45, 7) is 4.19. The highest BCUT2D eigenvalue weighted by atomic mass is 35.5. The molecule has 2 aliphatic rings. The standard InChI is InChI=1S/C24H28ClN3O12S/c1-23(2,3)40-22(36)27-12(9-39-21(35)11-5-6-13(29)18(32)17(11)25)14(30)8-26-10-24(4)19(20(33)34)28-15(31)7-16(28)41(24,37)38/h5-6,10,12,16,19,29,32H,7-9H2,1-4H3,(H,27,36)(H,33,34)/t12?,16-,19+,24+/m1/s1. The Kier molecular flexibility index (Phi) is 8.60. The summed E-state index contributed by atoms with van der Waals surface area (Å²) in [5.41, 5.74) is -1.32. The number of carboxylic acids is 1. The van der Waals surface area contributed by atoms with Crippen molar-refractivity contribution in [3.63, 3.8) is 0 Å². The first-order valence-corrected chi connectivity index (χ1v) is 13.9. The van der Waals surface area contributed by atoms with Gasteiger partial charge in [0.05, 0.1) is 18.5 Å². The minimum absolute atomic E-state index is 0.360. The number of sulfone groups is 1. The van der Waals surface area contributed by atoms with E-state index in [0.717, 1.165) is 30.2 Å². The summed E-state index contributed by atoms with van der Waals surface area (Å²) >= 11 is 5.86.